The highest BCUT2D eigenvalue weighted by Crippen LogP contribution is 2.39. The first kappa shape index (κ1) is 18.6. The molecule has 2 atom stereocenters. The third kappa shape index (κ3) is 3.19. The molecule has 0 aliphatic carbocycles. The van der Waals surface area contributed by atoms with Gasteiger partial charge in [-0.15, -0.1) is 0 Å². The van der Waals surface area contributed by atoms with Crippen molar-refractivity contribution in [2.75, 3.05) is 34.8 Å². The molecule has 3 aliphatic heterocycles. The number of amides is 2. The van der Waals surface area contributed by atoms with E-state index in [1.54, 1.807) is 41.4 Å². The molecule has 0 aromatic carbocycles. The number of halogens is 3. The predicted octanol–water partition coefficient (Wildman–Crippen LogP) is 2.82. The van der Waals surface area contributed by atoms with Gasteiger partial charge in [-0.2, -0.15) is 13.2 Å². The number of nitrogens with zero attached hydrogens (tertiary/aromatic N) is 5. The molecule has 30 heavy (non-hydrogen) atoms. The fourth-order valence-corrected chi connectivity index (χ4v) is 3.88. The van der Waals surface area contributed by atoms with Crippen molar-refractivity contribution in [2.24, 2.45) is 4.99 Å². The van der Waals surface area contributed by atoms with Crippen LogP contribution in [0.3, 0.4) is 0 Å². The highest BCUT2D eigenvalue weighted by Gasteiger charge is 2.45. The third-order valence-corrected chi connectivity index (χ3v) is 5.32. The Bertz CT molecular complexity index is 1010. The summed E-state index contributed by atoms with van der Waals surface area (Å²) >= 11 is 0. The molecule has 1 fully saturated rings. The zero-order chi connectivity index (χ0) is 20.9. The van der Waals surface area contributed by atoms with E-state index in [1.807, 2.05) is 0 Å². The molecule has 8 nitrogen and oxygen atoms in total. The third-order valence-electron chi connectivity index (χ3n) is 5.32. The highest BCUT2D eigenvalue weighted by atomic mass is 19.4. The van der Waals surface area contributed by atoms with Gasteiger partial charge >= 0.3 is 12.2 Å². The quantitative estimate of drug-likeness (QED) is 0.811. The summed E-state index contributed by atoms with van der Waals surface area (Å²) in [6.45, 7) is 0.854. The van der Waals surface area contributed by atoms with Crippen LogP contribution in [0.2, 0.25) is 0 Å². The van der Waals surface area contributed by atoms with Crippen LogP contribution in [-0.4, -0.2) is 59.9 Å². The van der Waals surface area contributed by atoms with Crippen molar-refractivity contribution >= 4 is 29.3 Å². The Balaban J connectivity index is 1.49. The van der Waals surface area contributed by atoms with Gasteiger partial charge in [0.1, 0.15) is 18.1 Å². The van der Waals surface area contributed by atoms with E-state index in [9.17, 15) is 18.0 Å². The first-order valence-electron chi connectivity index (χ1n) is 9.45. The maximum atomic E-state index is 13.0. The lowest BCUT2D eigenvalue weighted by atomic mass is 10.1. The van der Waals surface area contributed by atoms with E-state index in [0.29, 0.717) is 18.2 Å². The Morgan fingerprint density at radius 1 is 1.23 bits per heavy atom. The number of aliphatic imine (C=N–C) groups is 1. The smallest absolute Gasteiger partial charge is 0.414 e. The van der Waals surface area contributed by atoms with E-state index in [-0.39, 0.29) is 17.6 Å². The predicted molar refractivity (Wildman–Crippen MR) is 103 cm³/mol. The van der Waals surface area contributed by atoms with Crippen LogP contribution < -0.4 is 15.1 Å². The zero-order valence-corrected chi connectivity index (χ0v) is 15.6. The first-order valence-corrected chi connectivity index (χ1v) is 9.45. The number of ether oxygens (including phenoxy) is 1. The van der Waals surface area contributed by atoms with E-state index < -0.39 is 24.9 Å². The Hall–Kier alpha value is -3.37. The summed E-state index contributed by atoms with van der Waals surface area (Å²) in [6.07, 6.45) is -2.15. The van der Waals surface area contributed by atoms with E-state index in [4.69, 9.17) is 4.74 Å². The fourth-order valence-electron chi connectivity index (χ4n) is 3.88. The maximum absolute atomic E-state index is 13.0. The van der Waals surface area contributed by atoms with Crippen LogP contribution >= 0.6 is 0 Å². The number of nitrogens with one attached hydrogen (secondary N) is 1. The number of carbonyl (C=O) groups is 1. The number of aromatic nitrogens is 2. The summed E-state index contributed by atoms with van der Waals surface area (Å²) in [7, 11) is 0. The molecule has 1 N–H and O–H groups in total. The van der Waals surface area contributed by atoms with Gasteiger partial charge < -0.3 is 9.64 Å². The molecular weight excluding hydrogens is 401 g/mol. The van der Waals surface area contributed by atoms with Gasteiger partial charge in [-0.25, -0.2) is 19.8 Å². The minimum Gasteiger partial charge on any atom is -0.474 e. The van der Waals surface area contributed by atoms with Crippen molar-refractivity contribution in [3.63, 3.8) is 0 Å². The summed E-state index contributed by atoms with van der Waals surface area (Å²) in [5.74, 6) is 0.603. The number of rotatable bonds is 2. The number of carbonyl (C=O) groups excluding carboxylic acids is 1. The van der Waals surface area contributed by atoms with Crippen molar-refractivity contribution in [2.45, 2.75) is 24.7 Å². The Labute approximate surface area is 169 Å². The Kier molecular flexibility index (Phi) is 4.26. The number of alkyl halides is 3. The van der Waals surface area contributed by atoms with Crippen LogP contribution in [0.25, 0.3) is 0 Å². The Morgan fingerprint density at radius 3 is 2.83 bits per heavy atom. The summed E-state index contributed by atoms with van der Waals surface area (Å²) in [6, 6.07) is 6.09. The lowest BCUT2D eigenvalue weighted by Gasteiger charge is -2.35. The van der Waals surface area contributed by atoms with Crippen LogP contribution in [0.4, 0.5) is 35.3 Å². The molecule has 5 rings (SSSR count). The minimum atomic E-state index is -4.48. The standard InChI is InChI=1S/C19H17F3N6O2/c20-19(21,22)14-10-30-17(25-14)12-4-5-13-16(24-12)28(11-6-8-27(13)9-11)18(29)26-15-3-1-2-7-23-15/h1-5,7,11,14H,6,8-10H2,(H,23,26,29)/t11-,14?/m0/s1. The van der Waals surface area contributed by atoms with Crippen molar-refractivity contribution in [1.29, 1.82) is 0 Å². The SMILES string of the molecule is O=C(Nc1ccccn1)N1c2nc(C3=NC(C(F)(F)F)CO3)ccc2N2CC[C@H]1C2. The van der Waals surface area contributed by atoms with Crippen LogP contribution in [0.1, 0.15) is 12.1 Å². The summed E-state index contributed by atoms with van der Waals surface area (Å²) in [5, 5.41) is 2.76. The van der Waals surface area contributed by atoms with Gasteiger partial charge in [-0.3, -0.25) is 10.2 Å². The second-order valence-corrected chi connectivity index (χ2v) is 7.25. The number of fused-ring (bicyclic) bond motifs is 4. The molecule has 2 amide bonds. The second kappa shape index (κ2) is 6.85. The average molecular weight is 418 g/mol. The van der Waals surface area contributed by atoms with Crippen LogP contribution in [0.5, 0.6) is 0 Å². The topological polar surface area (TPSA) is 83.0 Å². The van der Waals surface area contributed by atoms with Crippen molar-refractivity contribution in [3.8, 4) is 0 Å². The molecule has 1 unspecified atom stereocenters. The average Bonchev–Trinajstić information content (AvgIpc) is 3.37. The molecule has 2 bridgehead atoms. The van der Waals surface area contributed by atoms with Gasteiger partial charge in [-0.05, 0) is 30.7 Å². The largest absolute Gasteiger partial charge is 0.474 e. The molecule has 1 saturated heterocycles. The summed E-state index contributed by atoms with van der Waals surface area (Å²) in [5.41, 5.74) is 0.910. The van der Waals surface area contributed by atoms with Gasteiger partial charge in [-0.1, -0.05) is 6.07 Å². The number of pyridine rings is 2. The maximum Gasteiger partial charge on any atom is 0.414 e. The summed E-state index contributed by atoms with van der Waals surface area (Å²) in [4.78, 5) is 28.9. The molecule has 0 spiro atoms. The van der Waals surface area contributed by atoms with Gasteiger partial charge in [0, 0.05) is 19.3 Å². The minimum absolute atomic E-state index is 0.0988. The number of hydrogen-bond acceptors (Lipinski definition) is 6. The molecular formula is C19H17F3N6O2. The zero-order valence-electron chi connectivity index (χ0n) is 15.6. The van der Waals surface area contributed by atoms with E-state index >= 15 is 0 Å². The highest BCUT2D eigenvalue weighted by molar-refractivity contribution is 6.05. The van der Waals surface area contributed by atoms with Crippen LogP contribution in [0, 0.1) is 0 Å². The van der Waals surface area contributed by atoms with Gasteiger partial charge in [0.25, 0.3) is 0 Å². The molecule has 0 saturated carbocycles. The van der Waals surface area contributed by atoms with Crippen LogP contribution in [0.15, 0.2) is 41.5 Å². The molecule has 2 aromatic heterocycles. The van der Waals surface area contributed by atoms with E-state index in [2.05, 4.69) is 25.2 Å². The van der Waals surface area contributed by atoms with Crippen LogP contribution in [-0.2, 0) is 4.74 Å². The lowest BCUT2D eigenvalue weighted by Crippen LogP contribution is -2.48. The fraction of sp³-hybridized carbons (Fsp3) is 0.368. The molecule has 2 aromatic rings. The molecule has 5 heterocycles. The molecule has 0 radical (unpaired) electrons. The van der Waals surface area contributed by atoms with Crippen molar-refractivity contribution in [3.05, 3.63) is 42.2 Å². The molecule has 3 aliphatic rings. The lowest BCUT2D eigenvalue weighted by molar-refractivity contribution is -0.149. The van der Waals surface area contributed by atoms with E-state index in [1.165, 1.54) is 0 Å². The van der Waals surface area contributed by atoms with Gasteiger partial charge in [0.05, 0.1) is 11.7 Å². The number of hydrogen-bond donors (Lipinski definition) is 1. The van der Waals surface area contributed by atoms with Crippen molar-refractivity contribution in [1.82, 2.24) is 9.97 Å². The summed E-state index contributed by atoms with van der Waals surface area (Å²) < 4.78 is 43.9. The molecule has 156 valence electrons. The van der Waals surface area contributed by atoms with E-state index in [0.717, 1.165) is 18.7 Å². The van der Waals surface area contributed by atoms with Gasteiger partial charge in [0.2, 0.25) is 5.90 Å². The first-order chi connectivity index (χ1) is 14.4. The number of anilines is 3. The normalized spacial score (nSPS) is 22.4. The van der Waals surface area contributed by atoms with Crippen molar-refractivity contribution < 1.29 is 22.7 Å². The monoisotopic (exact) mass is 418 g/mol. The number of urea groups is 1. The molecule has 11 heteroatoms. The Morgan fingerprint density at radius 2 is 2.10 bits per heavy atom. The second-order valence-electron chi connectivity index (χ2n) is 7.25. The van der Waals surface area contributed by atoms with Gasteiger partial charge in [0.15, 0.2) is 11.9 Å².